The van der Waals surface area contributed by atoms with Gasteiger partial charge in [-0.2, -0.15) is 8.42 Å². The van der Waals surface area contributed by atoms with Crippen LogP contribution in [0.4, 0.5) is 11.4 Å². The van der Waals surface area contributed by atoms with Gasteiger partial charge in [0.25, 0.3) is 15.9 Å². The molecule has 3 heterocycles. The van der Waals surface area contributed by atoms with E-state index in [0.717, 1.165) is 5.56 Å². The number of benzene rings is 1. The summed E-state index contributed by atoms with van der Waals surface area (Å²) in [5.41, 5.74) is 7.62. The summed E-state index contributed by atoms with van der Waals surface area (Å²) < 4.78 is 38.7. The molecule has 27 heavy (non-hydrogen) atoms. The van der Waals surface area contributed by atoms with Gasteiger partial charge in [-0.3, -0.25) is 4.72 Å². The van der Waals surface area contributed by atoms with Crippen molar-refractivity contribution in [1.29, 1.82) is 0 Å². The van der Waals surface area contributed by atoms with E-state index in [-0.39, 0.29) is 40.4 Å². The number of nitrogens with one attached hydrogen (secondary N) is 1. The number of fused-ring (bicyclic) bond motifs is 1. The second-order valence-electron chi connectivity index (χ2n) is 5.93. The largest absolute Gasteiger partial charge is 0.491 e. The van der Waals surface area contributed by atoms with Crippen LogP contribution < -0.4 is 15.9 Å². The van der Waals surface area contributed by atoms with Gasteiger partial charge < -0.3 is 19.8 Å². The van der Waals surface area contributed by atoms with Gasteiger partial charge in [0.05, 0.1) is 24.1 Å². The van der Waals surface area contributed by atoms with Crippen molar-refractivity contribution >= 4 is 34.0 Å². The Morgan fingerprint density at radius 3 is 2.85 bits per heavy atom. The molecule has 0 saturated heterocycles. The van der Waals surface area contributed by atoms with Crippen LogP contribution in [-0.4, -0.2) is 35.7 Å². The molecule has 138 valence electrons. The molecule has 1 aromatic carbocycles. The van der Waals surface area contributed by atoms with E-state index in [0.29, 0.717) is 5.46 Å². The van der Waals surface area contributed by atoms with Crippen LogP contribution in [0.2, 0.25) is 0 Å². The van der Waals surface area contributed by atoms with Crippen LogP contribution in [-0.2, 0) is 21.3 Å². The Hall–Kier alpha value is -2.96. The standard InChI is InChI=1S/C15H14BN5O5S/c1-8-19-20-14(26-8)12-4-10(17)6-18-15(12)27(23,24)21-11-3-2-9-7-25-16(22)13(9)5-11/h2-6,21-22H,7,17H2,1H3. The van der Waals surface area contributed by atoms with Crippen LogP contribution in [0.15, 0.2) is 39.9 Å². The van der Waals surface area contributed by atoms with Crippen molar-refractivity contribution in [3.8, 4) is 11.5 Å². The van der Waals surface area contributed by atoms with E-state index >= 15 is 0 Å². The smallest absolute Gasteiger partial charge is 0.423 e. The molecule has 0 aliphatic carbocycles. The third-order valence-corrected chi connectivity index (χ3v) is 5.28. The second-order valence-corrected chi connectivity index (χ2v) is 7.53. The maximum Gasteiger partial charge on any atom is 0.491 e. The lowest BCUT2D eigenvalue weighted by Crippen LogP contribution is -2.28. The fourth-order valence-electron chi connectivity index (χ4n) is 2.72. The fraction of sp³-hybridized carbons (Fsp3) is 0.133. The first-order valence-electron chi connectivity index (χ1n) is 7.85. The maximum atomic E-state index is 12.9. The number of aromatic nitrogens is 3. The number of hydrogen-bond donors (Lipinski definition) is 3. The van der Waals surface area contributed by atoms with Gasteiger partial charge in [-0.25, -0.2) is 4.98 Å². The molecule has 0 fully saturated rings. The quantitative estimate of drug-likeness (QED) is 0.527. The van der Waals surface area contributed by atoms with Crippen LogP contribution in [0.1, 0.15) is 11.5 Å². The lowest BCUT2D eigenvalue weighted by Gasteiger charge is -2.11. The van der Waals surface area contributed by atoms with Gasteiger partial charge in [-0.15, -0.1) is 10.2 Å². The molecule has 0 saturated carbocycles. The van der Waals surface area contributed by atoms with Crippen molar-refractivity contribution in [2.24, 2.45) is 0 Å². The minimum absolute atomic E-state index is 0.00884. The Bertz CT molecular complexity index is 1130. The van der Waals surface area contributed by atoms with E-state index in [1.165, 1.54) is 18.3 Å². The molecule has 0 bridgehead atoms. The lowest BCUT2D eigenvalue weighted by molar-refractivity contribution is 0.275. The molecule has 4 rings (SSSR count). The third kappa shape index (κ3) is 3.25. The first kappa shape index (κ1) is 17.5. The first-order chi connectivity index (χ1) is 12.8. The molecule has 0 spiro atoms. The second kappa shape index (κ2) is 6.34. The molecule has 12 heteroatoms. The summed E-state index contributed by atoms with van der Waals surface area (Å²) in [6.45, 7) is 1.85. The zero-order valence-electron chi connectivity index (χ0n) is 14.1. The topological polar surface area (TPSA) is 153 Å². The van der Waals surface area contributed by atoms with Gasteiger partial charge in [0.2, 0.25) is 5.89 Å². The van der Waals surface area contributed by atoms with E-state index in [9.17, 15) is 13.4 Å². The monoisotopic (exact) mass is 387 g/mol. The molecule has 3 aromatic rings. The van der Waals surface area contributed by atoms with E-state index < -0.39 is 17.1 Å². The zero-order chi connectivity index (χ0) is 19.2. The molecule has 2 aromatic heterocycles. The number of anilines is 2. The number of rotatable bonds is 4. The zero-order valence-corrected chi connectivity index (χ0v) is 14.9. The molecule has 0 unspecified atom stereocenters. The SMILES string of the molecule is Cc1nnc(-c2cc(N)cnc2S(=O)(=O)Nc2ccc3c(c2)B(O)OC3)o1. The molecule has 0 radical (unpaired) electrons. The number of nitrogens with zero attached hydrogens (tertiary/aromatic N) is 3. The Balaban J connectivity index is 1.74. The van der Waals surface area contributed by atoms with Crippen LogP contribution in [0.3, 0.4) is 0 Å². The summed E-state index contributed by atoms with van der Waals surface area (Å²) in [7, 11) is -5.19. The van der Waals surface area contributed by atoms with Crippen LogP contribution in [0.25, 0.3) is 11.5 Å². The van der Waals surface area contributed by atoms with E-state index in [1.807, 2.05) is 0 Å². The highest BCUT2D eigenvalue weighted by molar-refractivity contribution is 7.92. The molecular formula is C15H14BN5O5S. The number of sulfonamides is 1. The molecular weight excluding hydrogens is 373 g/mol. The van der Waals surface area contributed by atoms with Crippen molar-refractivity contribution in [3.63, 3.8) is 0 Å². The summed E-state index contributed by atoms with van der Waals surface area (Å²) in [6, 6.07) is 6.17. The molecule has 1 aliphatic heterocycles. The number of hydrogen-bond acceptors (Lipinski definition) is 9. The predicted molar refractivity (Wildman–Crippen MR) is 96.3 cm³/mol. The molecule has 10 nitrogen and oxygen atoms in total. The summed E-state index contributed by atoms with van der Waals surface area (Å²) in [5, 5.41) is 17.0. The van der Waals surface area contributed by atoms with Crippen LogP contribution in [0, 0.1) is 6.92 Å². The normalized spacial score (nSPS) is 13.6. The number of nitrogen functional groups attached to an aromatic ring is 1. The van der Waals surface area contributed by atoms with Crippen molar-refractivity contribution in [3.05, 3.63) is 41.9 Å². The highest BCUT2D eigenvalue weighted by atomic mass is 32.2. The van der Waals surface area contributed by atoms with Crippen LogP contribution >= 0.6 is 0 Å². The summed E-state index contributed by atoms with van der Waals surface area (Å²) >= 11 is 0. The lowest BCUT2D eigenvalue weighted by atomic mass is 9.79. The Morgan fingerprint density at radius 2 is 2.11 bits per heavy atom. The summed E-state index contributed by atoms with van der Waals surface area (Å²) in [6.07, 6.45) is 1.22. The van der Waals surface area contributed by atoms with Crippen molar-refractivity contribution in [1.82, 2.24) is 15.2 Å². The van der Waals surface area contributed by atoms with Gasteiger partial charge in [-0.1, -0.05) is 6.07 Å². The number of pyridine rings is 1. The highest BCUT2D eigenvalue weighted by Gasteiger charge is 2.29. The predicted octanol–water partition coefficient (Wildman–Crippen LogP) is 0.0407. The molecule has 4 N–H and O–H groups in total. The number of nitrogens with two attached hydrogens (primary N) is 1. The fourth-order valence-corrected chi connectivity index (χ4v) is 3.88. The average Bonchev–Trinajstić information content (AvgIpc) is 3.21. The summed E-state index contributed by atoms with van der Waals surface area (Å²) in [5.74, 6) is 0.266. The van der Waals surface area contributed by atoms with Crippen molar-refractivity contribution < 1.29 is 22.5 Å². The van der Waals surface area contributed by atoms with Gasteiger partial charge in [0.15, 0.2) is 5.03 Å². The average molecular weight is 387 g/mol. The van der Waals surface area contributed by atoms with Gasteiger partial charge in [-0.05, 0) is 29.2 Å². The minimum atomic E-state index is -4.10. The van der Waals surface area contributed by atoms with Crippen LogP contribution in [0.5, 0.6) is 0 Å². The van der Waals surface area contributed by atoms with Crippen molar-refractivity contribution in [2.45, 2.75) is 18.6 Å². The Labute approximate surface area is 154 Å². The Morgan fingerprint density at radius 1 is 1.30 bits per heavy atom. The van der Waals surface area contributed by atoms with Gasteiger partial charge >= 0.3 is 7.12 Å². The number of aryl methyl sites for hydroxylation is 1. The van der Waals surface area contributed by atoms with E-state index in [2.05, 4.69) is 19.9 Å². The van der Waals surface area contributed by atoms with Gasteiger partial charge in [0.1, 0.15) is 0 Å². The van der Waals surface area contributed by atoms with Crippen molar-refractivity contribution in [2.75, 3.05) is 10.5 Å². The third-order valence-electron chi connectivity index (χ3n) is 3.94. The van der Waals surface area contributed by atoms with E-state index in [4.69, 9.17) is 14.8 Å². The molecule has 0 amide bonds. The summed E-state index contributed by atoms with van der Waals surface area (Å²) in [4.78, 5) is 3.94. The highest BCUT2D eigenvalue weighted by Crippen LogP contribution is 2.28. The van der Waals surface area contributed by atoms with E-state index in [1.54, 1.807) is 19.1 Å². The minimum Gasteiger partial charge on any atom is -0.423 e. The Kier molecular flexibility index (Phi) is 4.10. The first-order valence-corrected chi connectivity index (χ1v) is 9.33. The maximum absolute atomic E-state index is 12.9. The molecule has 1 aliphatic rings. The molecule has 0 atom stereocenters. The van der Waals surface area contributed by atoms with Gasteiger partial charge in [0, 0.05) is 12.6 Å².